The summed E-state index contributed by atoms with van der Waals surface area (Å²) in [4.78, 5) is 24.6. The second-order valence-electron chi connectivity index (χ2n) is 6.34. The van der Waals surface area contributed by atoms with Gasteiger partial charge in [0.1, 0.15) is 6.04 Å². The van der Waals surface area contributed by atoms with Gasteiger partial charge in [0.2, 0.25) is 5.91 Å². The van der Waals surface area contributed by atoms with Crippen LogP contribution in [0.25, 0.3) is 0 Å². The van der Waals surface area contributed by atoms with Crippen molar-refractivity contribution < 1.29 is 14.3 Å². The van der Waals surface area contributed by atoms with Crippen LogP contribution in [-0.4, -0.2) is 24.5 Å². The lowest BCUT2D eigenvalue weighted by Crippen LogP contribution is -2.49. The van der Waals surface area contributed by atoms with Gasteiger partial charge in [-0.05, 0) is 18.4 Å². The number of esters is 1. The molecule has 1 aromatic rings. The monoisotopic (exact) mass is 305 g/mol. The fourth-order valence-corrected chi connectivity index (χ4v) is 1.89. The van der Waals surface area contributed by atoms with Crippen LogP contribution in [0, 0.1) is 11.3 Å². The topological polar surface area (TPSA) is 55.4 Å². The van der Waals surface area contributed by atoms with Crippen molar-refractivity contribution in [2.45, 2.75) is 47.1 Å². The van der Waals surface area contributed by atoms with Gasteiger partial charge in [-0.15, -0.1) is 0 Å². The number of carbonyl (C=O) groups is 2. The Morgan fingerprint density at radius 3 is 2.27 bits per heavy atom. The molecule has 0 saturated heterocycles. The van der Waals surface area contributed by atoms with E-state index >= 15 is 0 Å². The molecule has 1 N–H and O–H groups in total. The van der Waals surface area contributed by atoms with Gasteiger partial charge in [0.05, 0.1) is 6.61 Å². The summed E-state index contributed by atoms with van der Waals surface area (Å²) in [5, 5.41) is 2.86. The summed E-state index contributed by atoms with van der Waals surface area (Å²) in [5.41, 5.74) is 0.449. The normalized spacial score (nSPS) is 12.8. The summed E-state index contributed by atoms with van der Waals surface area (Å²) in [7, 11) is 0. The maximum atomic E-state index is 12.5. The molecular formula is C18H27NO3. The quantitative estimate of drug-likeness (QED) is 0.788. The second kappa shape index (κ2) is 7.97. The smallest absolute Gasteiger partial charge is 0.328 e. The summed E-state index contributed by atoms with van der Waals surface area (Å²) in [5.74, 6) is -0.345. The van der Waals surface area contributed by atoms with Crippen molar-refractivity contribution in [1.29, 1.82) is 0 Å². The zero-order valence-electron chi connectivity index (χ0n) is 14.2. The lowest BCUT2D eigenvalue weighted by atomic mass is 9.80. The third kappa shape index (κ3) is 4.86. The van der Waals surface area contributed by atoms with E-state index in [9.17, 15) is 9.59 Å². The van der Waals surface area contributed by atoms with Crippen LogP contribution in [-0.2, 0) is 20.7 Å². The van der Waals surface area contributed by atoms with Gasteiger partial charge in [0, 0.05) is 11.8 Å². The Bertz CT molecular complexity index is 494. The van der Waals surface area contributed by atoms with Crippen LogP contribution in [0.1, 0.15) is 40.2 Å². The largest absolute Gasteiger partial charge is 0.464 e. The first-order chi connectivity index (χ1) is 10.3. The minimum atomic E-state index is -0.659. The van der Waals surface area contributed by atoms with Gasteiger partial charge in [-0.3, -0.25) is 4.79 Å². The standard InChI is InChI=1S/C18H27NO3/c1-6-22-16(20)15(12-14-10-8-7-9-11-14)19-17(21)18(4,5)13(2)3/h7-11,13,15H,6,12H2,1-5H3,(H,19,21). The van der Waals surface area contributed by atoms with Crippen LogP contribution < -0.4 is 5.32 Å². The second-order valence-corrected chi connectivity index (χ2v) is 6.34. The highest BCUT2D eigenvalue weighted by Gasteiger charge is 2.34. The maximum absolute atomic E-state index is 12.5. The molecule has 0 saturated carbocycles. The van der Waals surface area contributed by atoms with Crippen LogP contribution in [0.3, 0.4) is 0 Å². The molecule has 4 heteroatoms. The first-order valence-electron chi connectivity index (χ1n) is 7.80. The van der Waals surface area contributed by atoms with Crippen molar-refractivity contribution in [2.75, 3.05) is 6.61 Å². The van der Waals surface area contributed by atoms with Crippen molar-refractivity contribution >= 4 is 11.9 Å². The number of amides is 1. The molecular weight excluding hydrogens is 278 g/mol. The van der Waals surface area contributed by atoms with E-state index in [4.69, 9.17) is 4.74 Å². The lowest BCUT2D eigenvalue weighted by Gasteiger charge is -2.30. The highest BCUT2D eigenvalue weighted by Crippen LogP contribution is 2.26. The molecule has 0 spiro atoms. The van der Waals surface area contributed by atoms with Gasteiger partial charge in [0.25, 0.3) is 0 Å². The third-order valence-corrected chi connectivity index (χ3v) is 4.19. The lowest BCUT2D eigenvalue weighted by molar-refractivity contribution is -0.148. The molecule has 1 aromatic carbocycles. The van der Waals surface area contributed by atoms with E-state index in [1.807, 2.05) is 58.0 Å². The Labute approximate surface area is 133 Å². The first-order valence-corrected chi connectivity index (χ1v) is 7.80. The third-order valence-electron chi connectivity index (χ3n) is 4.19. The molecule has 0 bridgehead atoms. The van der Waals surface area contributed by atoms with Gasteiger partial charge < -0.3 is 10.1 Å². The molecule has 1 rings (SSSR count). The Kier molecular flexibility index (Phi) is 6.60. The van der Waals surface area contributed by atoms with E-state index in [2.05, 4.69) is 5.32 Å². The molecule has 1 atom stereocenters. The minimum Gasteiger partial charge on any atom is -0.464 e. The minimum absolute atomic E-state index is 0.128. The average Bonchev–Trinajstić information content (AvgIpc) is 2.47. The van der Waals surface area contributed by atoms with Crippen molar-refractivity contribution in [3.8, 4) is 0 Å². The molecule has 0 aliphatic carbocycles. The predicted molar refractivity (Wildman–Crippen MR) is 87.3 cm³/mol. The summed E-state index contributed by atoms with van der Waals surface area (Å²) >= 11 is 0. The predicted octanol–water partition coefficient (Wildman–Crippen LogP) is 2.96. The maximum Gasteiger partial charge on any atom is 0.328 e. The van der Waals surface area contributed by atoms with Crippen LogP contribution in [0.5, 0.6) is 0 Å². The Morgan fingerprint density at radius 1 is 1.18 bits per heavy atom. The molecule has 0 aliphatic heterocycles. The van der Waals surface area contributed by atoms with E-state index in [1.165, 1.54) is 0 Å². The molecule has 4 nitrogen and oxygen atoms in total. The van der Waals surface area contributed by atoms with Crippen LogP contribution in [0.4, 0.5) is 0 Å². The number of ether oxygens (including phenoxy) is 1. The van der Waals surface area contributed by atoms with Crippen molar-refractivity contribution in [3.05, 3.63) is 35.9 Å². The molecule has 0 heterocycles. The molecule has 1 unspecified atom stereocenters. The summed E-state index contributed by atoms with van der Waals surface area (Å²) in [6.45, 7) is 9.83. The number of nitrogens with one attached hydrogen (secondary N) is 1. The summed E-state index contributed by atoms with van der Waals surface area (Å²) in [6, 6.07) is 8.96. The zero-order chi connectivity index (χ0) is 16.8. The van der Waals surface area contributed by atoms with Gasteiger partial charge in [-0.25, -0.2) is 4.79 Å². The van der Waals surface area contributed by atoms with E-state index < -0.39 is 11.5 Å². The van der Waals surface area contributed by atoms with Crippen LogP contribution >= 0.6 is 0 Å². The van der Waals surface area contributed by atoms with Gasteiger partial charge in [-0.1, -0.05) is 58.0 Å². The molecule has 1 amide bonds. The highest BCUT2D eigenvalue weighted by atomic mass is 16.5. The Hall–Kier alpha value is -1.84. The van der Waals surface area contributed by atoms with Crippen molar-refractivity contribution in [3.63, 3.8) is 0 Å². The Balaban J connectivity index is 2.87. The number of hydrogen-bond acceptors (Lipinski definition) is 3. The Morgan fingerprint density at radius 2 is 1.77 bits per heavy atom. The highest BCUT2D eigenvalue weighted by molar-refractivity contribution is 5.87. The molecule has 0 radical (unpaired) electrons. The molecule has 22 heavy (non-hydrogen) atoms. The average molecular weight is 305 g/mol. The van der Waals surface area contributed by atoms with Gasteiger partial charge in [0.15, 0.2) is 0 Å². The van der Waals surface area contributed by atoms with Crippen LogP contribution in [0.2, 0.25) is 0 Å². The molecule has 0 fully saturated rings. The first kappa shape index (κ1) is 18.2. The van der Waals surface area contributed by atoms with Crippen molar-refractivity contribution in [2.24, 2.45) is 11.3 Å². The van der Waals surface area contributed by atoms with Gasteiger partial charge >= 0.3 is 5.97 Å². The number of hydrogen-bond donors (Lipinski definition) is 1. The molecule has 0 aromatic heterocycles. The molecule has 0 aliphatic rings. The SMILES string of the molecule is CCOC(=O)C(Cc1ccccc1)NC(=O)C(C)(C)C(C)C. The zero-order valence-corrected chi connectivity index (χ0v) is 14.2. The van der Waals surface area contributed by atoms with Crippen molar-refractivity contribution in [1.82, 2.24) is 5.32 Å². The van der Waals surface area contributed by atoms with E-state index in [0.717, 1.165) is 5.56 Å². The number of benzene rings is 1. The number of carbonyl (C=O) groups excluding carboxylic acids is 2. The fourth-order valence-electron chi connectivity index (χ4n) is 1.89. The number of rotatable bonds is 7. The van der Waals surface area contributed by atoms with Gasteiger partial charge in [-0.2, -0.15) is 0 Å². The van der Waals surface area contributed by atoms with E-state index in [0.29, 0.717) is 13.0 Å². The van der Waals surface area contributed by atoms with E-state index in [-0.39, 0.29) is 17.8 Å². The molecule has 122 valence electrons. The van der Waals surface area contributed by atoms with E-state index in [1.54, 1.807) is 6.92 Å². The summed E-state index contributed by atoms with van der Waals surface area (Å²) < 4.78 is 5.10. The fraction of sp³-hybridized carbons (Fsp3) is 0.556. The van der Waals surface area contributed by atoms with Crippen LogP contribution in [0.15, 0.2) is 30.3 Å². The summed E-state index contributed by atoms with van der Waals surface area (Å²) in [6.07, 6.45) is 0.430.